The van der Waals surface area contributed by atoms with Crippen LogP contribution < -0.4 is 5.32 Å². The van der Waals surface area contributed by atoms with Gasteiger partial charge in [-0.1, -0.05) is 45.0 Å². The first-order valence-corrected chi connectivity index (χ1v) is 13.0. The van der Waals surface area contributed by atoms with E-state index in [4.69, 9.17) is 0 Å². The summed E-state index contributed by atoms with van der Waals surface area (Å²) in [5, 5.41) is 3.38. The number of benzene rings is 1. The lowest BCUT2D eigenvalue weighted by atomic mass is 9.63. The fraction of sp³-hybridized carbons (Fsp3) is 0.714. The molecule has 1 aliphatic carbocycles. The van der Waals surface area contributed by atoms with Crippen molar-refractivity contribution in [1.82, 2.24) is 15.1 Å². The van der Waals surface area contributed by atoms with Crippen LogP contribution >= 0.6 is 0 Å². The maximum atomic E-state index is 13.2. The van der Waals surface area contributed by atoms with E-state index in [0.717, 1.165) is 32.2 Å². The van der Waals surface area contributed by atoms with Crippen LogP contribution in [0.2, 0.25) is 0 Å². The molecule has 182 valence electrons. The van der Waals surface area contributed by atoms with E-state index in [1.165, 1.54) is 50.0 Å². The number of nitrogens with zero attached hydrogens (tertiary/aromatic N) is 2. The summed E-state index contributed by atoms with van der Waals surface area (Å²) in [6.45, 7) is 13.5. The average molecular weight is 454 g/mol. The van der Waals surface area contributed by atoms with Crippen molar-refractivity contribution in [2.45, 2.75) is 84.1 Å². The van der Waals surface area contributed by atoms with E-state index in [9.17, 15) is 9.59 Å². The molecular formula is C28H43N3O2. The van der Waals surface area contributed by atoms with Crippen LogP contribution in [0.5, 0.6) is 0 Å². The van der Waals surface area contributed by atoms with Crippen LogP contribution in [0.25, 0.3) is 0 Å². The third kappa shape index (κ3) is 5.62. The second-order valence-corrected chi connectivity index (χ2v) is 11.9. The number of rotatable bonds is 4. The van der Waals surface area contributed by atoms with Crippen molar-refractivity contribution in [3.05, 3.63) is 35.4 Å². The highest BCUT2D eigenvalue weighted by molar-refractivity contribution is 5.81. The molecule has 2 aliphatic heterocycles. The molecule has 5 nitrogen and oxygen atoms in total. The van der Waals surface area contributed by atoms with Gasteiger partial charge < -0.3 is 15.1 Å². The third-order valence-corrected chi connectivity index (χ3v) is 8.36. The number of hydrogen-bond donors (Lipinski definition) is 1. The monoisotopic (exact) mass is 453 g/mol. The summed E-state index contributed by atoms with van der Waals surface area (Å²) in [5.41, 5.74) is 3.43. The van der Waals surface area contributed by atoms with Gasteiger partial charge in [0.15, 0.2) is 0 Å². The van der Waals surface area contributed by atoms with Crippen LogP contribution in [0, 0.1) is 11.3 Å². The van der Waals surface area contributed by atoms with Gasteiger partial charge in [0.05, 0.1) is 12.0 Å². The molecule has 4 rings (SSSR count). The van der Waals surface area contributed by atoms with E-state index in [1.807, 2.05) is 4.90 Å². The zero-order valence-electron chi connectivity index (χ0n) is 21.2. The standard InChI is InChI=1S/C28H43N3O2/c1-21(32)31-16-7-8-22(20-31)26(33)29-25-11-12-28(24-10-6-5-9-23(24)25)14-18-30(19-15-28)17-13-27(2,3)4/h5-6,9-10,22,25H,7-8,11-20H2,1-4H3,(H,29,33)/t22?,25-/m1/s1. The highest BCUT2D eigenvalue weighted by Crippen LogP contribution is 2.48. The Morgan fingerprint density at radius 1 is 1.06 bits per heavy atom. The zero-order valence-corrected chi connectivity index (χ0v) is 21.2. The molecule has 1 spiro atoms. The summed E-state index contributed by atoms with van der Waals surface area (Å²) in [7, 11) is 0. The number of fused-ring (bicyclic) bond motifs is 2. The van der Waals surface area contributed by atoms with E-state index < -0.39 is 0 Å². The molecule has 2 atom stereocenters. The Balaban J connectivity index is 1.42. The van der Waals surface area contributed by atoms with Gasteiger partial charge in [-0.2, -0.15) is 0 Å². The third-order valence-electron chi connectivity index (χ3n) is 8.36. The number of piperidine rings is 2. The predicted molar refractivity (Wildman–Crippen MR) is 133 cm³/mol. The Morgan fingerprint density at radius 3 is 2.48 bits per heavy atom. The summed E-state index contributed by atoms with van der Waals surface area (Å²) in [6, 6.07) is 8.92. The van der Waals surface area contributed by atoms with Gasteiger partial charge in [0, 0.05) is 20.0 Å². The molecule has 1 N–H and O–H groups in total. The SMILES string of the molecule is CC(=O)N1CCCC(C(=O)N[C@@H]2CCC3(CCN(CCC(C)(C)C)CC3)c3ccccc32)C1. The quantitative estimate of drug-likeness (QED) is 0.721. The van der Waals surface area contributed by atoms with Crippen molar-refractivity contribution < 1.29 is 9.59 Å². The highest BCUT2D eigenvalue weighted by Gasteiger charge is 2.42. The molecule has 0 saturated carbocycles. The van der Waals surface area contributed by atoms with Gasteiger partial charge in [0.25, 0.3) is 0 Å². The molecule has 2 heterocycles. The van der Waals surface area contributed by atoms with Gasteiger partial charge in [-0.3, -0.25) is 9.59 Å². The van der Waals surface area contributed by atoms with Crippen molar-refractivity contribution in [1.29, 1.82) is 0 Å². The molecule has 2 fully saturated rings. The molecular weight excluding hydrogens is 410 g/mol. The van der Waals surface area contributed by atoms with Crippen LogP contribution in [-0.2, 0) is 15.0 Å². The molecule has 33 heavy (non-hydrogen) atoms. The van der Waals surface area contributed by atoms with Gasteiger partial charge in [0.2, 0.25) is 11.8 Å². The topological polar surface area (TPSA) is 52.7 Å². The van der Waals surface area contributed by atoms with Crippen molar-refractivity contribution in [3.8, 4) is 0 Å². The minimum Gasteiger partial charge on any atom is -0.349 e. The number of amides is 2. The van der Waals surface area contributed by atoms with Crippen molar-refractivity contribution >= 4 is 11.8 Å². The molecule has 0 aromatic heterocycles. The lowest BCUT2D eigenvalue weighted by Crippen LogP contribution is -2.48. The summed E-state index contributed by atoms with van der Waals surface area (Å²) < 4.78 is 0. The molecule has 2 amide bonds. The molecule has 1 aromatic carbocycles. The first-order valence-electron chi connectivity index (χ1n) is 13.0. The van der Waals surface area contributed by atoms with E-state index >= 15 is 0 Å². The predicted octanol–water partition coefficient (Wildman–Crippen LogP) is 4.67. The lowest BCUT2D eigenvalue weighted by Gasteiger charge is -2.47. The smallest absolute Gasteiger partial charge is 0.225 e. The summed E-state index contributed by atoms with van der Waals surface area (Å²) >= 11 is 0. The molecule has 5 heteroatoms. The van der Waals surface area contributed by atoms with Crippen LogP contribution in [0.4, 0.5) is 0 Å². The van der Waals surface area contributed by atoms with Gasteiger partial charge >= 0.3 is 0 Å². The van der Waals surface area contributed by atoms with E-state index in [0.29, 0.717) is 12.0 Å². The molecule has 3 aliphatic rings. The number of carbonyl (C=O) groups excluding carboxylic acids is 2. The van der Waals surface area contributed by atoms with Crippen molar-refractivity contribution in [2.24, 2.45) is 11.3 Å². The molecule has 1 unspecified atom stereocenters. The maximum absolute atomic E-state index is 13.2. The van der Waals surface area contributed by atoms with Gasteiger partial charge in [0.1, 0.15) is 0 Å². The van der Waals surface area contributed by atoms with E-state index in [2.05, 4.69) is 55.3 Å². The van der Waals surface area contributed by atoms with Crippen molar-refractivity contribution in [2.75, 3.05) is 32.7 Å². The van der Waals surface area contributed by atoms with Gasteiger partial charge in [-0.25, -0.2) is 0 Å². The number of likely N-dealkylation sites (tertiary alicyclic amines) is 2. The number of hydrogen-bond acceptors (Lipinski definition) is 3. The largest absolute Gasteiger partial charge is 0.349 e. The highest BCUT2D eigenvalue weighted by atomic mass is 16.2. The summed E-state index contributed by atoms with van der Waals surface area (Å²) in [6.07, 6.45) is 7.61. The Labute approximate surface area is 200 Å². The lowest BCUT2D eigenvalue weighted by molar-refractivity contribution is -0.134. The van der Waals surface area contributed by atoms with Crippen LogP contribution in [0.15, 0.2) is 24.3 Å². The average Bonchev–Trinajstić information content (AvgIpc) is 2.80. The molecule has 0 bridgehead atoms. The first kappa shape index (κ1) is 24.3. The summed E-state index contributed by atoms with van der Waals surface area (Å²) in [5.74, 6) is 0.108. The Morgan fingerprint density at radius 2 is 1.79 bits per heavy atom. The van der Waals surface area contributed by atoms with Crippen LogP contribution in [0.1, 0.15) is 89.8 Å². The van der Waals surface area contributed by atoms with Crippen LogP contribution in [-0.4, -0.2) is 54.3 Å². The van der Waals surface area contributed by atoms with E-state index in [-0.39, 0.29) is 29.2 Å². The summed E-state index contributed by atoms with van der Waals surface area (Å²) in [4.78, 5) is 29.4. The van der Waals surface area contributed by atoms with Gasteiger partial charge in [-0.05, 0) is 86.5 Å². The second-order valence-electron chi connectivity index (χ2n) is 11.9. The minimum absolute atomic E-state index is 0.0753. The first-order chi connectivity index (χ1) is 15.7. The van der Waals surface area contributed by atoms with Gasteiger partial charge in [-0.15, -0.1) is 0 Å². The van der Waals surface area contributed by atoms with E-state index in [1.54, 1.807) is 6.92 Å². The molecule has 0 radical (unpaired) electrons. The second kappa shape index (κ2) is 9.77. The zero-order chi connectivity index (χ0) is 23.6. The Kier molecular flexibility index (Phi) is 7.18. The normalized spacial score (nSPS) is 25.5. The molecule has 2 saturated heterocycles. The molecule has 1 aromatic rings. The number of carbonyl (C=O) groups is 2. The van der Waals surface area contributed by atoms with Crippen LogP contribution in [0.3, 0.4) is 0 Å². The fourth-order valence-corrected chi connectivity index (χ4v) is 6.13. The Hall–Kier alpha value is -1.88. The fourth-order valence-electron chi connectivity index (χ4n) is 6.13. The minimum atomic E-state index is -0.0863. The Bertz CT molecular complexity index is 851. The van der Waals surface area contributed by atoms with Crippen molar-refractivity contribution in [3.63, 3.8) is 0 Å². The maximum Gasteiger partial charge on any atom is 0.225 e. The number of nitrogens with one attached hydrogen (secondary N) is 1.